The molecule has 2 heterocycles. The lowest BCUT2D eigenvalue weighted by atomic mass is 9.97. The average Bonchev–Trinajstić information content (AvgIpc) is 3.03. The third kappa shape index (κ3) is 2.61. The lowest BCUT2D eigenvalue weighted by Gasteiger charge is -2.20. The number of rotatable bonds is 4. The van der Waals surface area contributed by atoms with Crippen molar-refractivity contribution in [3.8, 4) is 0 Å². The van der Waals surface area contributed by atoms with Crippen LogP contribution in [-0.4, -0.2) is 27.9 Å². The van der Waals surface area contributed by atoms with Crippen LogP contribution in [0.1, 0.15) is 27.2 Å². The summed E-state index contributed by atoms with van der Waals surface area (Å²) in [5, 5.41) is 19.8. The maximum absolute atomic E-state index is 11.2. The number of hydrogen-bond acceptors (Lipinski definition) is 4. The zero-order valence-electron chi connectivity index (χ0n) is 13.0. The summed E-state index contributed by atoms with van der Waals surface area (Å²) >= 11 is 0. The van der Waals surface area contributed by atoms with Gasteiger partial charge in [-0.2, -0.15) is 5.10 Å². The van der Waals surface area contributed by atoms with Crippen LogP contribution in [0.5, 0.6) is 0 Å². The van der Waals surface area contributed by atoms with Gasteiger partial charge in [0.1, 0.15) is 0 Å². The molecule has 0 radical (unpaired) electrons. The minimum atomic E-state index is -1.03. The molecule has 1 aromatic heterocycles. The van der Waals surface area contributed by atoms with E-state index in [9.17, 15) is 9.90 Å². The van der Waals surface area contributed by atoms with E-state index in [1.54, 1.807) is 0 Å². The number of aromatic amines is 1. The zero-order chi connectivity index (χ0) is 16.5. The molecule has 3 N–H and O–H groups in total. The van der Waals surface area contributed by atoms with E-state index in [2.05, 4.69) is 27.6 Å². The number of nitrogens with zero attached hydrogens (tertiary/aromatic N) is 1. The molecule has 2 aromatic carbocycles. The van der Waals surface area contributed by atoms with Gasteiger partial charge in [0.15, 0.2) is 5.69 Å². The SMILES string of the molecule is O=C(O)c1n[nH]c2ccc(NCc3cccc4c3CCOC4)cc12. The van der Waals surface area contributed by atoms with Crippen LogP contribution in [0.3, 0.4) is 0 Å². The fourth-order valence-corrected chi connectivity index (χ4v) is 3.15. The number of carboxylic acids is 1. The van der Waals surface area contributed by atoms with Crippen molar-refractivity contribution in [1.29, 1.82) is 0 Å². The van der Waals surface area contributed by atoms with E-state index in [4.69, 9.17) is 4.74 Å². The highest BCUT2D eigenvalue weighted by atomic mass is 16.5. The van der Waals surface area contributed by atoms with Crippen LogP contribution in [0.15, 0.2) is 36.4 Å². The summed E-state index contributed by atoms with van der Waals surface area (Å²) in [6, 6.07) is 11.9. The van der Waals surface area contributed by atoms with Crippen molar-refractivity contribution in [3.05, 3.63) is 58.8 Å². The minimum Gasteiger partial charge on any atom is -0.476 e. The molecule has 0 bridgehead atoms. The summed E-state index contributed by atoms with van der Waals surface area (Å²) in [5.74, 6) is -1.03. The van der Waals surface area contributed by atoms with Gasteiger partial charge in [-0.3, -0.25) is 5.10 Å². The summed E-state index contributed by atoms with van der Waals surface area (Å²) in [5.41, 5.74) is 5.48. The Bertz CT molecular complexity index is 917. The van der Waals surface area contributed by atoms with Crippen LogP contribution < -0.4 is 5.32 Å². The lowest BCUT2D eigenvalue weighted by Crippen LogP contribution is -2.13. The first-order chi connectivity index (χ1) is 11.7. The van der Waals surface area contributed by atoms with Crippen molar-refractivity contribution in [2.45, 2.75) is 19.6 Å². The molecule has 0 saturated heterocycles. The van der Waals surface area contributed by atoms with Crippen molar-refractivity contribution in [2.24, 2.45) is 0 Å². The highest BCUT2D eigenvalue weighted by molar-refractivity contribution is 6.01. The van der Waals surface area contributed by atoms with Crippen molar-refractivity contribution in [2.75, 3.05) is 11.9 Å². The first-order valence-corrected chi connectivity index (χ1v) is 7.85. The average molecular weight is 323 g/mol. The number of H-pyrrole nitrogens is 1. The molecule has 0 fully saturated rings. The van der Waals surface area contributed by atoms with Crippen LogP contribution >= 0.6 is 0 Å². The fourth-order valence-electron chi connectivity index (χ4n) is 3.15. The van der Waals surface area contributed by atoms with Gasteiger partial charge in [-0.1, -0.05) is 18.2 Å². The zero-order valence-corrected chi connectivity index (χ0v) is 13.0. The van der Waals surface area contributed by atoms with E-state index >= 15 is 0 Å². The summed E-state index contributed by atoms with van der Waals surface area (Å²) < 4.78 is 5.50. The van der Waals surface area contributed by atoms with Crippen LogP contribution in [0.4, 0.5) is 5.69 Å². The van der Waals surface area contributed by atoms with E-state index in [-0.39, 0.29) is 5.69 Å². The molecular formula is C18H17N3O3. The van der Waals surface area contributed by atoms with Crippen molar-refractivity contribution in [3.63, 3.8) is 0 Å². The molecule has 0 unspecified atom stereocenters. The third-order valence-electron chi connectivity index (χ3n) is 4.37. The third-order valence-corrected chi connectivity index (χ3v) is 4.37. The van der Waals surface area contributed by atoms with Crippen LogP contribution in [-0.2, 0) is 24.3 Å². The lowest BCUT2D eigenvalue weighted by molar-refractivity contribution is 0.0692. The van der Waals surface area contributed by atoms with E-state index < -0.39 is 5.97 Å². The van der Waals surface area contributed by atoms with Crippen molar-refractivity contribution < 1.29 is 14.6 Å². The minimum absolute atomic E-state index is 0.0443. The second-order valence-corrected chi connectivity index (χ2v) is 5.85. The molecule has 1 aliphatic rings. The van der Waals surface area contributed by atoms with E-state index in [0.29, 0.717) is 24.1 Å². The normalized spacial score (nSPS) is 13.7. The molecule has 6 nitrogen and oxygen atoms in total. The van der Waals surface area contributed by atoms with Crippen LogP contribution in [0, 0.1) is 0 Å². The summed E-state index contributed by atoms with van der Waals surface area (Å²) in [4.78, 5) is 11.2. The van der Waals surface area contributed by atoms with Crippen LogP contribution in [0.2, 0.25) is 0 Å². The van der Waals surface area contributed by atoms with Gasteiger partial charge in [0.25, 0.3) is 0 Å². The Hall–Kier alpha value is -2.86. The number of benzene rings is 2. The number of ether oxygens (including phenoxy) is 1. The first kappa shape index (κ1) is 14.7. The predicted molar refractivity (Wildman–Crippen MR) is 90.2 cm³/mol. The quantitative estimate of drug-likeness (QED) is 0.687. The number of carboxylic acid groups (broad SMARTS) is 1. The molecule has 4 rings (SSSR count). The molecule has 3 aromatic rings. The van der Waals surface area contributed by atoms with Gasteiger partial charge < -0.3 is 15.2 Å². The Morgan fingerprint density at radius 1 is 1.33 bits per heavy atom. The Morgan fingerprint density at radius 3 is 3.12 bits per heavy atom. The highest BCUT2D eigenvalue weighted by Gasteiger charge is 2.14. The standard InChI is InChI=1S/C18H17N3O3/c22-18(23)17-15-8-13(4-5-16(15)20-21-17)19-9-11-2-1-3-12-10-24-7-6-14(11)12/h1-5,8,19H,6-7,9-10H2,(H,20,21)(H,22,23). The first-order valence-electron chi connectivity index (χ1n) is 7.85. The monoisotopic (exact) mass is 323 g/mol. The molecule has 6 heteroatoms. The number of nitrogens with one attached hydrogen (secondary N) is 2. The Morgan fingerprint density at radius 2 is 2.25 bits per heavy atom. The topological polar surface area (TPSA) is 87.2 Å². The van der Waals surface area contributed by atoms with Gasteiger partial charge in [-0.05, 0) is 41.3 Å². The highest BCUT2D eigenvalue weighted by Crippen LogP contribution is 2.24. The molecule has 0 aliphatic carbocycles. The van der Waals surface area contributed by atoms with Crippen molar-refractivity contribution in [1.82, 2.24) is 10.2 Å². The fraction of sp³-hybridized carbons (Fsp3) is 0.222. The maximum Gasteiger partial charge on any atom is 0.357 e. The van der Waals surface area contributed by atoms with Gasteiger partial charge in [0, 0.05) is 17.6 Å². The molecule has 0 amide bonds. The predicted octanol–water partition coefficient (Wildman–Crippen LogP) is 2.95. The number of carbonyl (C=O) groups is 1. The molecule has 0 spiro atoms. The smallest absolute Gasteiger partial charge is 0.357 e. The van der Waals surface area contributed by atoms with Crippen molar-refractivity contribution >= 4 is 22.6 Å². The van der Waals surface area contributed by atoms with Gasteiger partial charge >= 0.3 is 5.97 Å². The van der Waals surface area contributed by atoms with Gasteiger partial charge in [0.2, 0.25) is 0 Å². The molecule has 24 heavy (non-hydrogen) atoms. The van der Waals surface area contributed by atoms with Gasteiger partial charge in [0.05, 0.1) is 18.7 Å². The summed E-state index contributed by atoms with van der Waals surface area (Å²) in [6.07, 6.45) is 0.928. The molecule has 0 saturated carbocycles. The number of aromatic nitrogens is 2. The number of aromatic carboxylic acids is 1. The molecule has 122 valence electrons. The van der Waals surface area contributed by atoms with E-state index in [0.717, 1.165) is 18.7 Å². The Labute approximate surface area is 138 Å². The largest absolute Gasteiger partial charge is 0.476 e. The van der Waals surface area contributed by atoms with Gasteiger partial charge in [-0.25, -0.2) is 4.79 Å². The van der Waals surface area contributed by atoms with Crippen LogP contribution in [0.25, 0.3) is 10.9 Å². The Kier molecular flexibility index (Phi) is 3.66. The molecule has 1 aliphatic heterocycles. The van der Waals surface area contributed by atoms with E-state index in [1.807, 2.05) is 24.3 Å². The Balaban J connectivity index is 1.59. The second kappa shape index (κ2) is 5.98. The molecule has 0 atom stereocenters. The number of anilines is 1. The maximum atomic E-state index is 11.2. The number of fused-ring (bicyclic) bond motifs is 2. The second-order valence-electron chi connectivity index (χ2n) is 5.85. The van der Waals surface area contributed by atoms with E-state index in [1.165, 1.54) is 16.7 Å². The number of hydrogen-bond donors (Lipinski definition) is 3. The summed E-state index contributed by atoms with van der Waals surface area (Å²) in [7, 11) is 0. The summed E-state index contributed by atoms with van der Waals surface area (Å²) in [6.45, 7) is 2.12. The van der Waals surface area contributed by atoms with Gasteiger partial charge in [-0.15, -0.1) is 0 Å². The molecular weight excluding hydrogens is 306 g/mol.